The van der Waals surface area contributed by atoms with Crippen molar-refractivity contribution in [1.82, 2.24) is 4.90 Å². The van der Waals surface area contributed by atoms with Crippen LogP contribution in [0.3, 0.4) is 0 Å². The average molecular weight is 752 g/mol. The lowest BCUT2D eigenvalue weighted by Crippen LogP contribution is -2.28. The average Bonchev–Trinajstić information content (AvgIpc) is 3.69. The van der Waals surface area contributed by atoms with E-state index in [9.17, 15) is 9.59 Å². The molecule has 4 aromatic rings. The van der Waals surface area contributed by atoms with E-state index in [1.807, 2.05) is 18.2 Å². The van der Waals surface area contributed by atoms with E-state index in [1.165, 1.54) is 16.7 Å². The highest BCUT2D eigenvalue weighted by atomic mass is 79.9. The van der Waals surface area contributed by atoms with Crippen LogP contribution in [0.5, 0.6) is 17.2 Å². The summed E-state index contributed by atoms with van der Waals surface area (Å²) in [6.45, 7) is 4.63. The molecule has 0 spiro atoms. The van der Waals surface area contributed by atoms with Crippen molar-refractivity contribution >= 4 is 74.3 Å². The van der Waals surface area contributed by atoms with Gasteiger partial charge in [0.25, 0.3) is 11.8 Å². The van der Waals surface area contributed by atoms with Crippen molar-refractivity contribution in [2.45, 2.75) is 20.4 Å². The number of halogens is 2. The zero-order valence-electron chi connectivity index (χ0n) is 26.3. The standard InChI is InChI=1S/C35H32BrClN4O6S/c1-22(2)20-46-30-12-6-23(15-31(30)44-3)18-38-40-35-41(19-28-5-4-14-45-28)34(43)32(48-35)17-24-16-25(36)7-13-29(24)47-21-33(42)39-27-10-8-26(37)9-11-27/h4-18,22H,19-21H2,1-3H3,(H,39,42)/b32-17-,38-18+,40-35-. The van der Waals surface area contributed by atoms with Crippen LogP contribution >= 0.6 is 39.3 Å². The summed E-state index contributed by atoms with van der Waals surface area (Å²) in [6, 6.07) is 21.1. The van der Waals surface area contributed by atoms with Crippen LogP contribution in [0.4, 0.5) is 5.69 Å². The first-order valence-electron chi connectivity index (χ1n) is 14.8. The molecule has 0 unspecified atom stereocenters. The first-order valence-corrected chi connectivity index (χ1v) is 16.8. The molecular formula is C35H32BrClN4O6S. The Hall–Kier alpha value is -4.52. The van der Waals surface area contributed by atoms with Crippen LogP contribution in [0, 0.1) is 5.92 Å². The number of rotatable bonds is 13. The molecule has 5 rings (SSSR count). The van der Waals surface area contributed by atoms with E-state index in [0.717, 1.165) is 10.0 Å². The summed E-state index contributed by atoms with van der Waals surface area (Å²) in [5.74, 6) is 1.96. The molecule has 3 aromatic carbocycles. The minimum atomic E-state index is -0.350. The molecule has 48 heavy (non-hydrogen) atoms. The number of nitrogens with one attached hydrogen (secondary N) is 1. The van der Waals surface area contributed by atoms with Crippen LogP contribution in [0.25, 0.3) is 6.08 Å². The molecule has 13 heteroatoms. The van der Waals surface area contributed by atoms with Gasteiger partial charge < -0.3 is 23.9 Å². The zero-order valence-corrected chi connectivity index (χ0v) is 29.5. The zero-order chi connectivity index (χ0) is 34.0. The number of hydrogen-bond donors (Lipinski definition) is 1. The second-order valence-electron chi connectivity index (χ2n) is 10.8. The molecule has 2 amide bonds. The number of furan rings is 1. The highest BCUT2D eigenvalue weighted by Crippen LogP contribution is 2.36. The normalized spacial score (nSPS) is 14.8. The van der Waals surface area contributed by atoms with Crippen LogP contribution in [0.15, 0.2) is 103 Å². The van der Waals surface area contributed by atoms with Gasteiger partial charge in [-0.25, -0.2) is 0 Å². The molecule has 248 valence electrons. The van der Waals surface area contributed by atoms with Gasteiger partial charge in [-0.15, -0.1) is 5.10 Å². The second kappa shape index (κ2) is 16.5. The molecule has 1 aliphatic rings. The maximum atomic E-state index is 13.7. The Kier molecular flexibility index (Phi) is 12.0. The van der Waals surface area contributed by atoms with Gasteiger partial charge in [0.15, 0.2) is 23.3 Å². The molecule has 0 bridgehead atoms. The van der Waals surface area contributed by atoms with E-state index in [2.05, 4.69) is 45.3 Å². The summed E-state index contributed by atoms with van der Waals surface area (Å²) in [5.41, 5.74) is 1.93. The monoisotopic (exact) mass is 750 g/mol. The van der Waals surface area contributed by atoms with Gasteiger partial charge in [0.1, 0.15) is 11.5 Å². The van der Waals surface area contributed by atoms with Gasteiger partial charge in [0.2, 0.25) is 0 Å². The number of ether oxygens (including phenoxy) is 3. The number of carbonyl (C=O) groups excluding carboxylic acids is 2. The Morgan fingerprint density at radius 1 is 1.06 bits per heavy atom. The molecule has 1 N–H and O–H groups in total. The summed E-state index contributed by atoms with van der Waals surface area (Å²) in [6.07, 6.45) is 4.83. The van der Waals surface area contributed by atoms with E-state index in [-0.39, 0.29) is 25.0 Å². The first-order chi connectivity index (χ1) is 23.2. The molecule has 0 aliphatic carbocycles. The largest absolute Gasteiger partial charge is 0.493 e. The third kappa shape index (κ3) is 9.52. The number of nitrogens with zero attached hydrogens (tertiary/aromatic N) is 3. The van der Waals surface area contributed by atoms with Crippen molar-refractivity contribution in [3.8, 4) is 17.2 Å². The Balaban J connectivity index is 1.35. The van der Waals surface area contributed by atoms with Gasteiger partial charge in [0, 0.05) is 20.7 Å². The van der Waals surface area contributed by atoms with Gasteiger partial charge in [-0.05, 0) is 102 Å². The van der Waals surface area contributed by atoms with E-state index in [4.69, 9.17) is 30.2 Å². The van der Waals surface area contributed by atoms with E-state index < -0.39 is 0 Å². The van der Waals surface area contributed by atoms with Crippen molar-refractivity contribution in [2.75, 3.05) is 25.6 Å². The number of amides is 2. The molecule has 2 heterocycles. The van der Waals surface area contributed by atoms with Crippen LogP contribution in [-0.2, 0) is 16.1 Å². The number of benzene rings is 3. The fraction of sp³-hybridized carbons (Fsp3) is 0.200. The quantitative estimate of drug-likeness (QED) is 0.0831. The third-order valence-electron chi connectivity index (χ3n) is 6.64. The van der Waals surface area contributed by atoms with Gasteiger partial charge in [-0.2, -0.15) is 5.10 Å². The van der Waals surface area contributed by atoms with Crippen molar-refractivity contribution in [3.05, 3.63) is 110 Å². The molecule has 1 saturated heterocycles. The van der Waals surface area contributed by atoms with Gasteiger partial charge in [0.05, 0.1) is 37.6 Å². The molecule has 0 radical (unpaired) electrons. The van der Waals surface area contributed by atoms with Crippen molar-refractivity contribution in [3.63, 3.8) is 0 Å². The highest BCUT2D eigenvalue weighted by Gasteiger charge is 2.34. The molecule has 1 aliphatic heterocycles. The smallest absolute Gasteiger partial charge is 0.267 e. The maximum absolute atomic E-state index is 13.7. The fourth-order valence-corrected chi connectivity index (χ4v) is 5.77. The Morgan fingerprint density at radius 3 is 2.58 bits per heavy atom. The van der Waals surface area contributed by atoms with Crippen LogP contribution in [0.2, 0.25) is 5.02 Å². The fourth-order valence-electron chi connectivity index (χ4n) is 4.34. The lowest BCUT2D eigenvalue weighted by atomic mass is 10.2. The van der Waals surface area contributed by atoms with Gasteiger partial charge in [-0.3, -0.25) is 14.5 Å². The number of thioether (sulfide) groups is 1. The Labute approximate surface area is 295 Å². The first kappa shape index (κ1) is 34.8. The lowest BCUT2D eigenvalue weighted by Gasteiger charge is -2.13. The van der Waals surface area contributed by atoms with Crippen molar-refractivity contribution < 1.29 is 28.2 Å². The minimum absolute atomic E-state index is 0.160. The summed E-state index contributed by atoms with van der Waals surface area (Å²) >= 11 is 10.6. The number of anilines is 1. The summed E-state index contributed by atoms with van der Waals surface area (Å²) < 4.78 is 23.5. The summed E-state index contributed by atoms with van der Waals surface area (Å²) in [5, 5.41) is 12.4. The Bertz CT molecular complexity index is 1840. The third-order valence-corrected chi connectivity index (χ3v) is 8.38. The summed E-state index contributed by atoms with van der Waals surface area (Å²) in [7, 11) is 1.58. The van der Waals surface area contributed by atoms with Gasteiger partial charge in [-0.1, -0.05) is 41.4 Å². The topological polar surface area (TPSA) is 115 Å². The summed E-state index contributed by atoms with van der Waals surface area (Å²) in [4.78, 5) is 28.2. The molecule has 0 atom stereocenters. The second-order valence-corrected chi connectivity index (χ2v) is 13.2. The van der Waals surface area contributed by atoms with Crippen LogP contribution < -0.4 is 19.5 Å². The molecule has 10 nitrogen and oxygen atoms in total. The number of hydrogen-bond acceptors (Lipinski definition) is 9. The predicted octanol–water partition coefficient (Wildman–Crippen LogP) is 8.26. The number of carbonyl (C=O) groups is 2. The molecule has 1 fully saturated rings. The van der Waals surface area contributed by atoms with Crippen molar-refractivity contribution in [2.24, 2.45) is 16.1 Å². The molecule has 0 saturated carbocycles. The molecular weight excluding hydrogens is 720 g/mol. The van der Waals surface area contributed by atoms with Crippen LogP contribution in [0.1, 0.15) is 30.7 Å². The van der Waals surface area contributed by atoms with Crippen LogP contribution in [-0.4, -0.2) is 48.4 Å². The highest BCUT2D eigenvalue weighted by molar-refractivity contribution is 9.10. The predicted molar refractivity (Wildman–Crippen MR) is 193 cm³/mol. The Morgan fingerprint density at radius 2 is 1.85 bits per heavy atom. The SMILES string of the molecule is COc1cc(/C=N/N=C2\S/C(=C\c3cc(Br)ccc3OCC(=O)Nc3ccc(Cl)cc3)C(=O)N2Cc2ccco2)ccc1OCC(C)C. The van der Waals surface area contributed by atoms with E-state index in [1.54, 1.807) is 80.3 Å². The van der Waals surface area contributed by atoms with Crippen molar-refractivity contribution in [1.29, 1.82) is 0 Å². The van der Waals surface area contributed by atoms with Gasteiger partial charge >= 0.3 is 0 Å². The maximum Gasteiger partial charge on any atom is 0.267 e. The number of methoxy groups -OCH3 is 1. The number of amidine groups is 1. The van der Waals surface area contributed by atoms with E-state index >= 15 is 0 Å². The molecule has 1 aromatic heterocycles. The lowest BCUT2D eigenvalue weighted by molar-refractivity contribution is -0.122. The van der Waals surface area contributed by atoms with E-state index in [0.29, 0.717) is 61.9 Å². The minimum Gasteiger partial charge on any atom is -0.493 e.